The van der Waals surface area contributed by atoms with Crippen LogP contribution in [0.1, 0.15) is 5.69 Å². The second kappa shape index (κ2) is 6.49. The number of rotatable bonds is 5. The Morgan fingerprint density at radius 2 is 2.00 bits per heavy atom. The Morgan fingerprint density at radius 3 is 2.65 bits per heavy atom. The summed E-state index contributed by atoms with van der Waals surface area (Å²) in [6.45, 7) is -0.382. The zero-order valence-electron chi connectivity index (χ0n) is 10.3. The Hall–Kier alpha value is -1.92. The highest BCUT2D eigenvalue weighted by molar-refractivity contribution is 7.13. The van der Waals surface area contributed by atoms with Crippen LogP contribution >= 0.6 is 22.9 Å². The Bertz CT molecular complexity index is 625. The monoisotopic (exact) mass is 310 g/mol. The van der Waals surface area contributed by atoms with Gasteiger partial charge in [0, 0.05) is 16.0 Å². The van der Waals surface area contributed by atoms with Crippen LogP contribution in [0, 0.1) is 0 Å². The molecule has 0 spiro atoms. The van der Waals surface area contributed by atoms with E-state index in [1.54, 1.807) is 17.5 Å². The highest BCUT2D eigenvalue weighted by Crippen LogP contribution is 2.25. The molecule has 0 bridgehead atoms. The minimum Gasteiger partial charge on any atom is -0.480 e. The SMILES string of the molecule is O=C(O)CNC(=O)Cc1csc(-c2ccc(Cl)cc2)n1. The number of hydrogen-bond acceptors (Lipinski definition) is 4. The van der Waals surface area contributed by atoms with Gasteiger partial charge in [-0.05, 0) is 12.1 Å². The largest absolute Gasteiger partial charge is 0.480 e. The first-order valence-electron chi connectivity index (χ1n) is 5.73. The average molecular weight is 311 g/mol. The quantitative estimate of drug-likeness (QED) is 0.887. The molecule has 20 heavy (non-hydrogen) atoms. The number of hydrogen-bond donors (Lipinski definition) is 2. The first kappa shape index (κ1) is 14.5. The van der Waals surface area contributed by atoms with E-state index in [1.807, 2.05) is 12.1 Å². The van der Waals surface area contributed by atoms with Crippen LogP contribution in [0.15, 0.2) is 29.6 Å². The highest BCUT2D eigenvalue weighted by Gasteiger charge is 2.09. The number of aliphatic carboxylic acids is 1. The molecule has 0 aliphatic carbocycles. The fraction of sp³-hybridized carbons (Fsp3) is 0.154. The van der Waals surface area contributed by atoms with Crippen molar-refractivity contribution in [2.75, 3.05) is 6.54 Å². The number of halogens is 1. The Labute approximate surface area is 124 Å². The maximum Gasteiger partial charge on any atom is 0.322 e. The van der Waals surface area contributed by atoms with Gasteiger partial charge in [0.25, 0.3) is 0 Å². The predicted octanol–water partition coefficient (Wildman–Crippen LogP) is 2.21. The Morgan fingerprint density at radius 1 is 1.30 bits per heavy atom. The minimum atomic E-state index is -1.07. The summed E-state index contributed by atoms with van der Waals surface area (Å²) in [5.74, 6) is -1.43. The third kappa shape index (κ3) is 4.04. The summed E-state index contributed by atoms with van der Waals surface area (Å²) in [6, 6.07) is 7.26. The van der Waals surface area contributed by atoms with Crippen LogP contribution in [0.5, 0.6) is 0 Å². The number of carbonyl (C=O) groups excluding carboxylic acids is 1. The van der Waals surface area contributed by atoms with Gasteiger partial charge in [-0.15, -0.1) is 11.3 Å². The van der Waals surface area contributed by atoms with Crippen LogP contribution in [-0.4, -0.2) is 28.5 Å². The lowest BCUT2D eigenvalue weighted by Gasteiger charge is -1.99. The van der Waals surface area contributed by atoms with Crippen LogP contribution < -0.4 is 5.32 Å². The fourth-order valence-electron chi connectivity index (χ4n) is 1.51. The van der Waals surface area contributed by atoms with E-state index < -0.39 is 5.97 Å². The maximum absolute atomic E-state index is 11.5. The fourth-order valence-corrected chi connectivity index (χ4v) is 2.47. The van der Waals surface area contributed by atoms with Gasteiger partial charge in [-0.3, -0.25) is 9.59 Å². The van der Waals surface area contributed by atoms with E-state index in [-0.39, 0.29) is 18.9 Å². The van der Waals surface area contributed by atoms with Crippen molar-refractivity contribution in [1.29, 1.82) is 0 Å². The molecule has 0 atom stereocenters. The van der Waals surface area contributed by atoms with Crippen LogP contribution in [0.2, 0.25) is 5.02 Å². The number of carboxylic acids is 1. The number of nitrogens with one attached hydrogen (secondary N) is 1. The third-order valence-corrected chi connectivity index (χ3v) is 3.61. The summed E-state index contributed by atoms with van der Waals surface area (Å²) in [5.41, 5.74) is 1.54. The molecule has 2 rings (SSSR count). The molecule has 1 aromatic carbocycles. The van der Waals surface area contributed by atoms with Gasteiger partial charge in [0.2, 0.25) is 5.91 Å². The first-order valence-corrected chi connectivity index (χ1v) is 6.99. The molecule has 0 saturated heterocycles. The van der Waals surface area contributed by atoms with Crippen molar-refractivity contribution in [1.82, 2.24) is 10.3 Å². The van der Waals surface area contributed by atoms with Gasteiger partial charge in [0.05, 0.1) is 12.1 Å². The zero-order chi connectivity index (χ0) is 14.5. The molecule has 104 valence electrons. The zero-order valence-corrected chi connectivity index (χ0v) is 11.9. The number of thiazole rings is 1. The Kier molecular flexibility index (Phi) is 4.70. The van der Waals surface area contributed by atoms with Gasteiger partial charge < -0.3 is 10.4 Å². The van der Waals surface area contributed by atoms with Crippen LogP contribution in [0.3, 0.4) is 0 Å². The second-order valence-electron chi connectivity index (χ2n) is 4.00. The van der Waals surface area contributed by atoms with Crippen molar-refractivity contribution >= 4 is 34.8 Å². The molecule has 0 fully saturated rings. The molecule has 1 aromatic heterocycles. The van der Waals surface area contributed by atoms with Crippen molar-refractivity contribution in [3.05, 3.63) is 40.4 Å². The molecular formula is C13H11ClN2O3S. The van der Waals surface area contributed by atoms with E-state index in [1.165, 1.54) is 11.3 Å². The van der Waals surface area contributed by atoms with Gasteiger partial charge in [-0.1, -0.05) is 23.7 Å². The van der Waals surface area contributed by atoms with E-state index in [0.717, 1.165) is 10.6 Å². The average Bonchev–Trinajstić information content (AvgIpc) is 2.85. The summed E-state index contributed by atoms with van der Waals surface area (Å²) in [5, 5.41) is 14.0. The number of carbonyl (C=O) groups is 2. The molecule has 7 heteroatoms. The molecule has 1 heterocycles. The van der Waals surface area contributed by atoms with Crippen molar-refractivity contribution in [2.45, 2.75) is 6.42 Å². The molecule has 5 nitrogen and oxygen atoms in total. The van der Waals surface area contributed by atoms with Crippen LogP contribution in [0.25, 0.3) is 10.6 Å². The number of amides is 1. The third-order valence-electron chi connectivity index (χ3n) is 2.42. The standard InChI is InChI=1S/C13H11ClN2O3S/c14-9-3-1-8(2-4-9)13-16-10(7-20-13)5-11(17)15-6-12(18)19/h1-4,7H,5-6H2,(H,15,17)(H,18,19). The van der Waals surface area contributed by atoms with Gasteiger partial charge in [-0.2, -0.15) is 0 Å². The Balaban J connectivity index is 2.00. The number of nitrogens with zero attached hydrogens (tertiary/aromatic N) is 1. The van der Waals surface area contributed by atoms with Crippen molar-refractivity contribution in [3.8, 4) is 10.6 Å². The normalized spacial score (nSPS) is 10.2. The van der Waals surface area contributed by atoms with Crippen LogP contribution in [0.4, 0.5) is 0 Å². The maximum atomic E-state index is 11.5. The number of aromatic nitrogens is 1. The van der Waals surface area contributed by atoms with Crippen molar-refractivity contribution in [3.63, 3.8) is 0 Å². The lowest BCUT2D eigenvalue weighted by atomic mass is 10.2. The minimum absolute atomic E-state index is 0.0668. The van der Waals surface area contributed by atoms with Crippen molar-refractivity contribution < 1.29 is 14.7 Å². The van der Waals surface area contributed by atoms with E-state index in [4.69, 9.17) is 16.7 Å². The molecule has 2 aromatic rings. The second-order valence-corrected chi connectivity index (χ2v) is 5.29. The molecule has 0 aliphatic rings. The number of benzene rings is 1. The summed E-state index contributed by atoms with van der Waals surface area (Å²) in [6.07, 6.45) is 0.0668. The van der Waals surface area contributed by atoms with Crippen molar-refractivity contribution in [2.24, 2.45) is 0 Å². The molecule has 0 aliphatic heterocycles. The molecule has 0 radical (unpaired) electrons. The molecule has 2 N–H and O–H groups in total. The number of carboxylic acid groups (broad SMARTS) is 1. The smallest absolute Gasteiger partial charge is 0.322 e. The van der Waals surface area contributed by atoms with Gasteiger partial charge in [0.1, 0.15) is 11.6 Å². The lowest BCUT2D eigenvalue weighted by Crippen LogP contribution is -2.30. The first-order chi connectivity index (χ1) is 9.54. The summed E-state index contributed by atoms with van der Waals surface area (Å²) < 4.78 is 0. The predicted molar refractivity (Wildman–Crippen MR) is 76.9 cm³/mol. The molecule has 0 saturated carbocycles. The van der Waals surface area contributed by atoms with E-state index >= 15 is 0 Å². The molecule has 0 unspecified atom stereocenters. The van der Waals surface area contributed by atoms with Gasteiger partial charge in [0.15, 0.2) is 0 Å². The summed E-state index contributed by atoms with van der Waals surface area (Å²) >= 11 is 7.24. The highest BCUT2D eigenvalue weighted by atomic mass is 35.5. The van der Waals surface area contributed by atoms with Gasteiger partial charge in [-0.25, -0.2) is 4.98 Å². The van der Waals surface area contributed by atoms with Crippen LogP contribution in [-0.2, 0) is 16.0 Å². The topological polar surface area (TPSA) is 79.3 Å². The summed E-state index contributed by atoms with van der Waals surface area (Å²) in [7, 11) is 0. The van der Waals surface area contributed by atoms with E-state index in [9.17, 15) is 9.59 Å². The van der Waals surface area contributed by atoms with Gasteiger partial charge >= 0.3 is 5.97 Å². The molecule has 1 amide bonds. The summed E-state index contributed by atoms with van der Waals surface area (Å²) in [4.78, 5) is 26.2. The van der Waals surface area contributed by atoms with E-state index in [2.05, 4.69) is 10.3 Å². The lowest BCUT2D eigenvalue weighted by molar-refractivity contribution is -0.137. The molecular weight excluding hydrogens is 300 g/mol. The van der Waals surface area contributed by atoms with E-state index in [0.29, 0.717) is 10.7 Å².